The van der Waals surface area contributed by atoms with E-state index < -0.39 is 4.92 Å². The van der Waals surface area contributed by atoms with E-state index in [0.29, 0.717) is 12.5 Å². The van der Waals surface area contributed by atoms with Crippen molar-refractivity contribution in [2.45, 2.75) is 25.7 Å². The molecule has 7 nitrogen and oxygen atoms in total. The predicted molar refractivity (Wildman–Crippen MR) is 66.2 cm³/mol. The number of nitrogen functional groups attached to an aromatic ring is 1. The van der Waals surface area contributed by atoms with Crippen LogP contribution in [0.15, 0.2) is 12.1 Å². The zero-order valence-corrected chi connectivity index (χ0v) is 9.96. The second-order valence-corrected chi connectivity index (χ2v) is 4.41. The summed E-state index contributed by atoms with van der Waals surface area (Å²) in [6.07, 6.45) is 4.76. The number of rotatable bonds is 5. The number of hydrogen-bond acceptors (Lipinski definition) is 6. The minimum atomic E-state index is -0.495. The van der Waals surface area contributed by atoms with E-state index in [2.05, 4.69) is 10.4 Å². The molecule has 0 saturated heterocycles. The maximum absolute atomic E-state index is 10.7. The maximum atomic E-state index is 10.7. The first-order valence-corrected chi connectivity index (χ1v) is 5.95. The molecule has 0 amide bonds. The van der Waals surface area contributed by atoms with Crippen molar-refractivity contribution in [2.75, 3.05) is 12.0 Å². The summed E-state index contributed by atoms with van der Waals surface area (Å²) >= 11 is 0. The van der Waals surface area contributed by atoms with Crippen molar-refractivity contribution in [1.29, 1.82) is 0 Å². The molecule has 3 N–H and O–H groups in total. The van der Waals surface area contributed by atoms with Crippen LogP contribution in [0.25, 0.3) is 0 Å². The van der Waals surface area contributed by atoms with E-state index in [1.807, 2.05) is 0 Å². The molecule has 0 atom stereocenters. The van der Waals surface area contributed by atoms with Crippen LogP contribution in [0.5, 0.6) is 5.88 Å². The Morgan fingerprint density at radius 3 is 2.83 bits per heavy atom. The topological polar surface area (TPSA) is 103 Å². The molecule has 1 aromatic heterocycles. The lowest BCUT2D eigenvalue weighted by atomic mass is 10.1. The van der Waals surface area contributed by atoms with Crippen LogP contribution in [-0.4, -0.2) is 16.5 Å². The van der Waals surface area contributed by atoms with Crippen molar-refractivity contribution in [3.05, 3.63) is 22.2 Å². The van der Waals surface area contributed by atoms with E-state index in [4.69, 9.17) is 10.6 Å². The van der Waals surface area contributed by atoms with Gasteiger partial charge < -0.3 is 10.2 Å². The number of ether oxygens (including phenoxy) is 1. The molecular formula is C11H16N4O3. The van der Waals surface area contributed by atoms with Crippen molar-refractivity contribution >= 4 is 11.5 Å². The number of nitrogens with zero attached hydrogens (tertiary/aromatic N) is 2. The van der Waals surface area contributed by atoms with Gasteiger partial charge in [0.15, 0.2) is 5.82 Å². The molecule has 0 bridgehead atoms. The van der Waals surface area contributed by atoms with E-state index >= 15 is 0 Å². The Kier molecular flexibility index (Phi) is 3.93. The van der Waals surface area contributed by atoms with Gasteiger partial charge in [-0.3, -0.25) is 10.1 Å². The highest BCUT2D eigenvalue weighted by Gasteiger charge is 2.17. The zero-order chi connectivity index (χ0) is 13.0. The Hall–Kier alpha value is -1.89. The monoisotopic (exact) mass is 252 g/mol. The third-order valence-electron chi connectivity index (χ3n) is 3.09. The Morgan fingerprint density at radius 1 is 1.50 bits per heavy atom. The summed E-state index contributed by atoms with van der Waals surface area (Å²) in [5.74, 6) is 6.21. The highest BCUT2D eigenvalue weighted by atomic mass is 16.6. The van der Waals surface area contributed by atoms with E-state index in [1.165, 1.54) is 25.0 Å². The molecular weight excluding hydrogens is 236 g/mol. The lowest BCUT2D eigenvalue weighted by Crippen LogP contribution is -2.12. The Labute approximate surface area is 104 Å². The lowest BCUT2D eigenvalue weighted by molar-refractivity contribution is -0.384. The summed E-state index contributed by atoms with van der Waals surface area (Å²) in [7, 11) is 0. The highest BCUT2D eigenvalue weighted by Crippen LogP contribution is 2.27. The van der Waals surface area contributed by atoms with Gasteiger partial charge in [-0.2, -0.15) is 4.98 Å². The van der Waals surface area contributed by atoms with Crippen LogP contribution < -0.4 is 16.0 Å². The first-order valence-electron chi connectivity index (χ1n) is 5.95. The van der Waals surface area contributed by atoms with Gasteiger partial charge in [0.05, 0.1) is 23.7 Å². The van der Waals surface area contributed by atoms with Crippen molar-refractivity contribution in [3.8, 4) is 5.88 Å². The SMILES string of the molecule is NNc1cc([N+](=O)[O-])cc(OCC2CCCC2)n1. The molecule has 7 heteroatoms. The first kappa shape index (κ1) is 12.6. The summed E-state index contributed by atoms with van der Waals surface area (Å²) in [6, 6.07) is 2.58. The average Bonchev–Trinajstić information content (AvgIpc) is 2.89. The van der Waals surface area contributed by atoms with Crippen LogP contribution in [0, 0.1) is 16.0 Å². The van der Waals surface area contributed by atoms with E-state index in [-0.39, 0.29) is 17.4 Å². The van der Waals surface area contributed by atoms with Gasteiger partial charge >= 0.3 is 0 Å². The van der Waals surface area contributed by atoms with Gasteiger partial charge in [-0.1, -0.05) is 12.8 Å². The molecule has 18 heavy (non-hydrogen) atoms. The summed E-state index contributed by atoms with van der Waals surface area (Å²) in [5, 5.41) is 10.7. The summed E-state index contributed by atoms with van der Waals surface area (Å²) in [4.78, 5) is 14.3. The predicted octanol–water partition coefficient (Wildman–Crippen LogP) is 1.84. The Balaban J connectivity index is 2.05. The van der Waals surface area contributed by atoms with Crippen molar-refractivity contribution in [2.24, 2.45) is 11.8 Å². The summed E-state index contributed by atoms with van der Waals surface area (Å²) in [5.41, 5.74) is 2.21. The zero-order valence-electron chi connectivity index (χ0n) is 9.96. The molecule has 0 aromatic carbocycles. The Morgan fingerprint density at radius 2 is 2.22 bits per heavy atom. The van der Waals surface area contributed by atoms with Crippen molar-refractivity contribution in [1.82, 2.24) is 4.98 Å². The number of pyridine rings is 1. The molecule has 1 aliphatic carbocycles. The van der Waals surface area contributed by atoms with Crippen LogP contribution >= 0.6 is 0 Å². The van der Waals surface area contributed by atoms with Gasteiger partial charge in [0, 0.05) is 0 Å². The number of nitrogens with two attached hydrogens (primary N) is 1. The number of nitrogens with one attached hydrogen (secondary N) is 1. The second-order valence-electron chi connectivity index (χ2n) is 4.41. The number of anilines is 1. The number of nitro groups is 1. The molecule has 0 unspecified atom stereocenters. The average molecular weight is 252 g/mol. The van der Waals surface area contributed by atoms with Gasteiger partial charge in [-0.25, -0.2) is 5.84 Å². The summed E-state index contributed by atoms with van der Waals surface area (Å²) in [6.45, 7) is 0.554. The first-order chi connectivity index (χ1) is 8.69. The highest BCUT2D eigenvalue weighted by molar-refractivity contribution is 5.47. The summed E-state index contributed by atoms with van der Waals surface area (Å²) < 4.78 is 5.51. The number of hydrazine groups is 1. The van der Waals surface area contributed by atoms with Crippen LogP contribution in [-0.2, 0) is 0 Å². The second kappa shape index (κ2) is 5.63. The fraction of sp³-hybridized carbons (Fsp3) is 0.545. The standard InChI is InChI=1S/C11H16N4O3/c12-14-10-5-9(15(16)17)6-11(13-10)18-7-8-3-1-2-4-8/h5-6,8H,1-4,7,12H2,(H,13,14). The van der Waals surface area contributed by atoms with Gasteiger partial charge in [-0.05, 0) is 18.8 Å². The fourth-order valence-corrected chi connectivity index (χ4v) is 2.13. The fourth-order valence-electron chi connectivity index (χ4n) is 2.13. The number of hydrogen-bond donors (Lipinski definition) is 2. The maximum Gasteiger partial charge on any atom is 0.278 e. The van der Waals surface area contributed by atoms with Gasteiger partial charge in [0.25, 0.3) is 5.69 Å². The third kappa shape index (κ3) is 3.07. The van der Waals surface area contributed by atoms with E-state index in [9.17, 15) is 10.1 Å². The largest absolute Gasteiger partial charge is 0.477 e. The lowest BCUT2D eigenvalue weighted by Gasteiger charge is -2.11. The normalized spacial score (nSPS) is 15.6. The van der Waals surface area contributed by atoms with Crippen LogP contribution in [0.4, 0.5) is 11.5 Å². The van der Waals surface area contributed by atoms with Crippen molar-refractivity contribution < 1.29 is 9.66 Å². The molecule has 0 radical (unpaired) electrons. The van der Waals surface area contributed by atoms with E-state index in [1.54, 1.807) is 0 Å². The number of aromatic nitrogens is 1. The van der Waals surface area contributed by atoms with E-state index in [0.717, 1.165) is 12.8 Å². The van der Waals surface area contributed by atoms with Gasteiger partial charge in [0.2, 0.25) is 5.88 Å². The van der Waals surface area contributed by atoms with Gasteiger partial charge in [-0.15, -0.1) is 0 Å². The quantitative estimate of drug-likeness (QED) is 0.471. The molecule has 0 aliphatic heterocycles. The molecule has 1 fully saturated rings. The molecule has 1 saturated carbocycles. The molecule has 1 aliphatic rings. The minimum absolute atomic E-state index is 0.0839. The molecule has 98 valence electrons. The van der Waals surface area contributed by atoms with Crippen LogP contribution in [0.3, 0.4) is 0 Å². The molecule has 1 aromatic rings. The smallest absolute Gasteiger partial charge is 0.278 e. The van der Waals surface area contributed by atoms with Crippen LogP contribution in [0.1, 0.15) is 25.7 Å². The van der Waals surface area contributed by atoms with Crippen molar-refractivity contribution in [3.63, 3.8) is 0 Å². The molecule has 0 spiro atoms. The molecule has 2 rings (SSSR count). The van der Waals surface area contributed by atoms with Gasteiger partial charge in [0.1, 0.15) is 0 Å². The van der Waals surface area contributed by atoms with Crippen LogP contribution in [0.2, 0.25) is 0 Å². The molecule has 1 heterocycles. The third-order valence-corrected chi connectivity index (χ3v) is 3.09. The minimum Gasteiger partial charge on any atom is -0.477 e. The Bertz CT molecular complexity index is 432.